The average Bonchev–Trinajstić information content (AvgIpc) is 2.89. The van der Waals surface area contributed by atoms with Crippen LogP contribution in [0.2, 0.25) is 0 Å². The van der Waals surface area contributed by atoms with E-state index in [0.717, 1.165) is 13.0 Å². The molecule has 0 saturated carbocycles. The van der Waals surface area contributed by atoms with Crippen LogP contribution in [-0.4, -0.2) is 6.04 Å². The van der Waals surface area contributed by atoms with E-state index in [9.17, 15) is 0 Å². The summed E-state index contributed by atoms with van der Waals surface area (Å²) in [5.74, 6) is 0. The monoisotopic (exact) mass is 227 g/mol. The van der Waals surface area contributed by atoms with E-state index < -0.39 is 0 Å². The van der Waals surface area contributed by atoms with Crippen LogP contribution in [0.3, 0.4) is 0 Å². The Kier molecular flexibility index (Phi) is 2.97. The van der Waals surface area contributed by atoms with Crippen LogP contribution in [0.4, 0.5) is 0 Å². The number of aryl methyl sites for hydroxylation is 1. The fourth-order valence-electron chi connectivity index (χ4n) is 2.53. The molecule has 2 heteroatoms. The van der Waals surface area contributed by atoms with Crippen molar-refractivity contribution < 1.29 is 4.42 Å². The van der Waals surface area contributed by atoms with Crippen LogP contribution < -0.4 is 5.32 Å². The lowest BCUT2D eigenvalue weighted by atomic mass is 9.88. The molecule has 1 N–H and O–H groups in total. The maximum atomic E-state index is 5.07. The lowest BCUT2D eigenvalue weighted by Crippen LogP contribution is -2.33. The lowest BCUT2D eigenvalue weighted by Gasteiger charge is -2.25. The van der Waals surface area contributed by atoms with E-state index in [-0.39, 0.29) is 0 Å². The van der Waals surface area contributed by atoms with E-state index in [1.54, 1.807) is 6.26 Å². The molecule has 0 bridgehead atoms. The highest BCUT2D eigenvalue weighted by Crippen LogP contribution is 2.21. The van der Waals surface area contributed by atoms with Gasteiger partial charge in [-0.05, 0) is 36.5 Å². The first-order valence-corrected chi connectivity index (χ1v) is 6.23. The van der Waals surface area contributed by atoms with Gasteiger partial charge in [-0.1, -0.05) is 24.3 Å². The molecule has 2 aromatic rings. The van der Waals surface area contributed by atoms with Gasteiger partial charge in [0.15, 0.2) is 0 Å². The summed E-state index contributed by atoms with van der Waals surface area (Å²) in [5, 5.41) is 3.60. The SMILES string of the molecule is c1ccc2c(c1)CCC(NCc1ccoc1)C2. The molecule has 88 valence electrons. The molecule has 0 radical (unpaired) electrons. The van der Waals surface area contributed by atoms with Crippen LogP contribution >= 0.6 is 0 Å². The van der Waals surface area contributed by atoms with Gasteiger partial charge < -0.3 is 9.73 Å². The summed E-state index contributed by atoms with van der Waals surface area (Å²) in [6, 6.07) is 11.4. The Morgan fingerprint density at radius 1 is 1.18 bits per heavy atom. The van der Waals surface area contributed by atoms with Gasteiger partial charge in [0, 0.05) is 18.2 Å². The summed E-state index contributed by atoms with van der Waals surface area (Å²) in [4.78, 5) is 0. The van der Waals surface area contributed by atoms with Gasteiger partial charge in [0.1, 0.15) is 0 Å². The van der Waals surface area contributed by atoms with Crippen molar-refractivity contribution in [3.63, 3.8) is 0 Å². The van der Waals surface area contributed by atoms with Crippen molar-refractivity contribution >= 4 is 0 Å². The molecule has 1 heterocycles. The van der Waals surface area contributed by atoms with Crippen molar-refractivity contribution in [3.8, 4) is 0 Å². The fraction of sp³-hybridized carbons (Fsp3) is 0.333. The van der Waals surface area contributed by atoms with Crippen LogP contribution in [0.1, 0.15) is 23.1 Å². The summed E-state index contributed by atoms with van der Waals surface area (Å²) in [6.07, 6.45) is 7.11. The minimum Gasteiger partial charge on any atom is -0.472 e. The molecular formula is C15H17NO. The van der Waals surface area contributed by atoms with Crippen LogP contribution in [0.15, 0.2) is 47.3 Å². The number of hydrogen-bond donors (Lipinski definition) is 1. The van der Waals surface area contributed by atoms with Crippen molar-refractivity contribution in [2.24, 2.45) is 0 Å². The second kappa shape index (κ2) is 4.76. The van der Waals surface area contributed by atoms with Crippen LogP contribution in [0, 0.1) is 0 Å². The number of furan rings is 1. The maximum absolute atomic E-state index is 5.07. The van der Waals surface area contributed by atoms with Crippen molar-refractivity contribution in [2.75, 3.05) is 0 Å². The van der Waals surface area contributed by atoms with Crippen LogP contribution in [0.25, 0.3) is 0 Å². The smallest absolute Gasteiger partial charge is 0.0947 e. The summed E-state index contributed by atoms with van der Waals surface area (Å²) < 4.78 is 5.07. The second-order valence-electron chi connectivity index (χ2n) is 4.72. The highest BCUT2D eigenvalue weighted by atomic mass is 16.3. The predicted molar refractivity (Wildman–Crippen MR) is 67.8 cm³/mol. The zero-order valence-electron chi connectivity index (χ0n) is 9.86. The first kappa shape index (κ1) is 10.6. The fourth-order valence-corrected chi connectivity index (χ4v) is 2.53. The van der Waals surface area contributed by atoms with Gasteiger partial charge in [-0.2, -0.15) is 0 Å². The molecular weight excluding hydrogens is 210 g/mol. The number of nitrogens with one attached hydrogen (secondary N) is 1. The summed E-state index contributed by atoms with van der Waals surface area (Å²) >= 11 is 0. The van der Waals surface area contributed by atoms with Gasteiger partial charge in [-0.15, -0.1) is 0 Å². The van der Waals surface area contributed by atoms with Gasteiger partial charge in [0.25, 0.3) is 0 Å². The standard InChI is InChI=1S/C15H17NO/c1-2-4-14-9-15(6-5-13(14)3-1)16-10-12-7-8-17-11-12/h1-4,7-8,11,15-16H,5-6,9-10H2. The quantitative estimate of drug-likeness (QED) is 0.872. The third-order valence-corrected chi connectivity index (χ3v) is 3.52. The van der Waals surface area contributed by atoms with E-state index in [2.05, 4.69) is 29.6 Å². The van der Waals surface area contributed by atoms with Crippen molar-refractivity contribution in [1.29, 1.82) is 0 Å². The molecule has 1 aliphatic rings. The van der Waals surface area contributed by atoms with E-state index in [4.69, 9.17) is 4.42 Å². The maximum Gasteiger partial charge on any atom is 0.0947 e. The number of hydrogen-bond acceptors (Lipinski definition) is 2. The topological polar surface area (TPSA) is 25.2 Å². The zero-order chi connectivity index (χ0) is 11.5. The summed E-state index contributed by atoms with van der Waals surface area (Å²) in [6.45, 7) is 0.906. The molecule has 1 atom stereocenters. The van der Waals surface area contributed by atoms with Crippen LogP contribution in [0.5, 0.6) is 0 Å². The van der Waals surface area contributed by atoms with E-state index in [0.29, 0.717) is 6.04 Å². The average molecular weight is 227 g/mol. The minimum absolute atomic E-state index is 0.597. The normalized spacial score (nSPS) is 18.9. The molecule has 1 aliphatic carbocycles. The van der Waals surface area contributed by atoms with Crippen molar-refractivity contribution in [2.45, 2.75) is 31.8 Å². The third kappa shape index (κ3) is 2.42. The van der Waals surface area contributed by atoms with Gasteiger partial charge in [0.05, 0.1) is 12.5 Å². The van der Waals surface area contributed by atoms with E-state index >= 15 is 0 Å². The van der Waals surface area contributed by atoms with Crippen LogP contribution in [-0.2, 0) is 19.4 Å². The Balaban J connectivity index is 1.61. The Hall–Kier alpha value is -1.54. The minimum atomic E-state index is 0.597. The molecule has 0 amide bonds. The van der Waals surface area contributed by atoms with E-state index in [1.165, 1.54) is 29.5 Å². The molecule has 0 spiro atoms. The number of fused-ring (bicyclic) bond motifs is 1. The first-order valence-electron chi connectivity index (χ1n) is 6.23. The molecule has 1 aromatic heterocycles. The Bertz CT molecular complexity index is 475. The lowest BCUT2D eigenvalue weighted by molar-refractivity contribution is 0.455. The summed E-state index contributed by atoms with van der Waals surface area (Å²) in [5.41, 5.74) is 4.25. The van der Waals surface area contributed by atoms with Crippen molar-refractivity contribution in [3.05, 3.63) is 59.5 Å². The summed E-state index contributed by atoms with van der Waals surface area (Å²) in [7, 11) is 0. The number of rotatable bonds is 3. The Labute approximate surface area is 102 Å². The first-order chi connectivity index (χ1) is 8.42. The van der Waals surface area contributed by atoms with Crippen molar-refractivity contribution in [1.82, 2.24) is 5.32 Å². The zero-order valence-corrected chi connectivity index (χ0v) is 9.86. The second-order valence-corrected chi connectivity index (χ2v) is 4.72. The molecule has 2 nitrogen and oxygen atoms in total. The largest absolute Gasteiger partial charge is 0.472 e. The Morgan fingerprint density at radius 3 is 2.88 bits per heavy atom. The van der Waals surface area contributed by atoms with Gasteiger partial charge >= 0.3 is 0 Å². The molecule has 1 unspecified atom stereocenters. The number of benzene rings is 1. The Morgan fingerprint density at radius 2 is 2.06 bits per heavy atom. The molecule has 17 heavy (non-hydrogen) atoms. The highest BCUT2D eigenvalue weighted by molar-refractivity contribution is 5.30. The predicted octanol–water partition coefficient (Wildman–Crippen LogP) is 2.93. The third-order valence-electron chi connectivity index (χ3n) is 3.52. The van der Waals surface area contributed by atoms with Gasteiger partial charge in [0.2, 0.25) is 0 Å². The molecule has 0 aliphatic heterocycles. The molecule has 1 aromatic carbocycles. The molecule has 3 rings (SSSR count). The molecule has 0 saturated heterocycles. The molecule has 0 fully saturated rings. The van der Waals surface area contributed by atoms with Gasteiger partial charge in [-0.25, -0.2) is 0 Å². The highest BCUT2D eigenvalue weighted by Gasteiger charge is 2.17. The van der Waals surface area contributed by atoms with E-state index in [1.807, 2.05) is 12.3 Å². The van der Waals surface area contributed by atoms with Gasteiger partial charge in [-0.3, -0.25) is 0 Å².